The minimum Gasteiger partial charge on any atom is -0.383 e. The Morgan fingerprint density at radius 2 is 1.63 bits per heavy atom. The van der Waals surface area contributed by atoms with Gasteiger partial charge in [0.15, 0.2) is 0 Å². The molecule has 2 rings (SSSR count). The smallest absolute Gasteiger partial charge is 0.135 e. The van der Waals surface area contributed by atoms with Crippen molar-refractivity contribution >= 4 is 0 Å². The van der Waals surface area contributed by atoms with Gasteiger partial charge in [-0.2, -0.15) is 0 Å². The zero-order valence-corrected chi connectivity index (χ0v) is 10.5. The first-order valence-corrected chi connectivity index (χ1v) is 5.80. The Morgan fingerprint density at radius 3 is 2.26 bits per heavy atom. The molecule has 1 N–H and O–H groups in total. The van der Waals surface area contributed by atoms with E-state index in [2.05, 4.69) is 0 Å². The Balaban J connectivity index is 2.56. The molecule has 0 radical (unpaired) electrons. The monoisotopic (exact) mass is 266 g/mol. The fourth-order valence-corrected chi connectivity index (χ4v) is 1.94. The third-order valence-corrected chi connectivity index (χ3v) is 3.04. The number of aliphatic hydroxyl groups excluding tert-OH is 1. The van der Waals surface area contributed by atoms with Crippen LogP contribution in [0.5, 0.6) is 0 Å². The Morgan fingerprint density at radius 1 is 0.947 bits per heavy atom. The summed E-state index contributed by atoms with van der Waals surface area (Å²) in [6.45, 7) is 3.14. The van der Waals surface area contributed by atoms with Crippen LogP contribution in [0, 0.1) is 31.3 Å². The molecule has 2 aromatic rings. The number of halogens is 3. The summed E-state index contributed by atoms with van der Waals surface area (Å²) in [6, 6.07) is 6.45. The molecule has 0 saturated carbocycles. The summed E-state index contributed by atoms with van der Waals surface area (Å²) in [5, 5.41) is 10.0. The lowest BCUT2D eigenvalue weighted by Gasteiger charge is -2.15. The van der Waals surface area contributed by atoms with E-state index >= 15 is 0 Å². The van der Waals surface area contributed by atoms with Crippen LogP contribution in [0.1, 0.15) is 28.4 Å². The molecule has 0 aliphatic rings. The summed E-state index contributed by atoms with van der Waals surface area (Å²) in [7, 11) is 0. The number of benzene rings is 2. The molecule has 19 heavy (non-hydrogen) atoms. The van der Waals surface area contributed by atoms with Gasteiger partial charge in [-0.3, -0.25) is 0 Å². The number of aliphatic hydroxyl groups is 1. The third-order valence-electron chi connectivity index (χ3n) is 3.04. The highest BCUT2D eigenvalue weighted by molar-refractivity contribution is 5.36. The Hall–Kier alpha value is -1.81. The van der Waals surface area contributed by atoms with Gasteiger partial charge in [-0.05, 0) is 37.1 Å². The molecule has 0 amide bonds. The van der Waals surface area contributed by atoms with Crippen molar-refractivity contribution in [2.75, 3.05) is 0 Å². The van der Waals surface area contributed by atoms with Crippen molar-refractivity contribution in [3.8, 4) is 0 Å². The number of hydrogen-bond donors (Lipinski definition) is 1. The second kappa shape index (κ2) is 5.05. The highest BCUT2D eigenvalue weighted by Crippen LogP contribution is 2.30. The van der Waals surface area contributed by atoms with Crippen LogP contribution in [0.2, 0.25) is 0 Å². The molecule has 100 valence electrons. The molecular weight excluding hydrogens is 253 g/mol. The zero-order chi connectivity index (χ0) is 14.2. The molecule has 1 unspecified atom stereocenters. The second-order valence-corrected chi connectivity index (χ2v) is 4.52. The Labute approximate surface area is 109 Å². The Bertz CT molecular complexity index is 623. The fraction of sp³-hybridized carbons (Fsp3) is 0.200. The van der Waals surface area contributed by atoms with Crippen molar-refractivity contribution in [2.45, 2.75) is 20.0 Å². The number of rotatable bonds is 2. The van der Waals surface area contributed by atoms with Crippen LogP contribution >= 0.6 is 0 Å². The number of aryl methyl sites for hydroxylation is 2. The lowest BCUT2D eigenvalue weighted by atomic mass is 9.97. The molecule has 0 aliphatic carbocycles. The van der Waals surface area contributed by atoms with E-state index in [4.69, 9.17) is 0 Å². The van der Waals surface area contributed by atoms with Gasteiger partial charge in [0.05, 0.1) is 5.56 Å². The molecule has 0 aromatic heterocycles. The van der Waals surface area contributed by atoms with Crippen molar-refractivity contribution in [3.05, 3.63) is 70.0 Å². The largest absolute Gasteiger partial charge is 0.383 e. The van der Waals surface area contributed by atoms with Crippen LogP contribution in [0.3, 0.4) is 0 Å². The van der Waals surface area contributed by atoms with Gasteiger partial charge < -0.3 is 5.11 Å². The molecule has 4 heteroatoms. The van der Waals surface area contributed by atoms with Crippen molar-refractivity contribution in [2.24, 2.45) is 0 Å². The molecule has 1 atom stereocenters. The minimum atomic E-state index is -1.67. The fourth-order valence-electron chi connectivity index (χ4n) is 1.94. The van der Waals surface area contributed by atoms with E-state index in [0.717, 1.165) is 6.07 Å². The average Bonchev–Trinajstić information content (AvgIpc) is 2.34. The first-order chi connectivity index (χ1) is 8.91. The maximum Gasteiger partial charge on any atom is 0.135 e. The third kappa shape index (κ3) is 2.49. The van der Waals surface area contributed by atoms with Gasteiger partial charge in [0.1, 0.15) is 23.6 Å². The van der Waals surface area contributed by atoms with Gasteiger partial charge >= 0.3 is 0 Å². The van der Waals surface area contributed by atoms with E-state index in [1.165, 1.54) is 25.1 Å². The highest BCUT2D eigenvalue weighted by atomic mass is 19.1. The minimum absolute atomic E-state index is 0.144. The van der Waals surface area contributed by atoms with Crippen LogP contribution in [0.4, 0.5) is 13.2 Å². The predicted molar refractivity (Wildman–Crippen MR) is 66.3 cm³/mol. The quantitative estimate of drug-likeness (QED) is 0.876. The average molecular weight is 266 g/mol. The maximum absolute atomic E-state index is 13.9. The summed E-state index contributed by atoms with van der Waals surface area (Å²) in [6.07, 6.45) is -1.67. The van der Waals surface area contributed by atoms with Gasteiger partial charge in [0, 0.05) is 5.56 Å². The van der Waals surface area contributed by atoms with Crippen LogP contribution in [-0.2, 0) is 0 Å². The van der Waals surface area contributed by atoms with Crippen LogP contribution < -0.4 is 0 Å². The summed E-state index contributed by atoms with van der Waals surface area (Å²) < 4.78 is 41.3. The lowest BCUT2D eigenvalue weighted by Crippen LogP contribution is -2.09. The zero-order valence-electron chi connectivity index (χ0n) is 10.5. The molecular formula is C15H13F3O. The van der Waals surface area contributed by atoms with Crippen LogP contribution in [0.25, 0.3) is 0 Å². The van der Waals surface area contributed by atoms with Gasteiger partial charge in [0.2, 0.25) is 0 Å². The summed E-state index contributed by atoms with van der Waals surface area (Å²) in [5.41, 5.74) is 0.193. The second-order valence-electron chi connectivity index (χ2n) is 4.52. The molecule has 0 heterocycles. The Kier molecular flexibility index (Phi) is 3.62. The summed E-state index contributed by atoms with van der Waals surface area (Å²) >= 11 is 0. The first kappa shape index (κ1) is 13.6. The van der Waals surface area contributed by atoms with E-state index in [-0.39, 0.29) is 11.1 Å². The highest BCUT2D eigenvalue weighted by Gasteiger charge is 2.23. The maximum atomic E-state index is 13.9. The predicted octanol–water partition coefficient (Wildman–Crippen LogP) is 3.80. The summed E-state index contributed by atoms with van der Waals surface area (Å²) in [5.74, 6) is -2.43. The topological polar surface area (TPSA) is 20.2 Å². The number of hydrogen-bond acceptors (Lipinski definition) is 1. The van der Waals surface area contributed by atoms with E-state index in [1.54, 1.807) is 13.0 Å². The van der Waals surface area contributed by atoms with Gasteiger partial charge in [0.25, 0.3) is 0 Å². The molecule has 0 saturated heterocycles. The van der Waals surface area contributed by atoms with Crippen LogP contribution in [-0.4, -0.2) is 5.11 Å². The van der Waals surface area contributed by atoms with Crippen molar-refractivity contribution in [1.29, 1.82) is 0 Å². The molecule has 0 aliphatic heterocycles. The van der Waals surface area contributed by atoms with E-state index in [9.17, 15) is 18.3 Å². The molecule has 0 bridgehead atoms. The van der Waals surface area contributed by atoms with Gasteiger partial charge in [-0.1, -0.05) is 18.2 Å². The van der Waals surface area contributed by atoms with Gasteiger partial charge in [-0.25, -0.2) is 13.2 Å². The van der Waals surface area contributed by atoms with Crippen molar-refractivity contribution in [1.82, 2.24) is 0 Å². The normalized spacial score (nSPS) is 12.5. The van der Waals surface area contributed by atoms with E-state index in [1.807, 2.05) is 0 Å². The summed E-state index contributed by atoms with van der Waals surface area (Å²) in [4.78, 5) is 0. The van der Waals surface area contributed by atoms with Crippen molar-refractivity contribution in [3.63, 3.8) is 0 Å². The SMILES string of the molecule is Cc1ccc(C(O)c2c(F)ccc(C)c2F)c(F)c1. The lowest BCUT2D eigenvalue weighted by molar-refractivity contribution is 0.203. The van der Waals surface area contributed by atoms with E-state index < -0.39 is 29.1 Å². The van der Waals surface area contributed by atoms with Crippen molar-refractivity contribution < 1.29 is 18.3 Å². The first-order valence-electron chi connectivity index (χ1n) is 5.80. The standard InChI is InChI=1S/C15H13F3O/c1-8-3-5-10(12(17)7-8)15(19)13-11(16)6-4-9(2)14(13)18/h3-7,15,19H,1-2H3. The molecule has 0 fully saturated rings. The van der Waals surface area contributed by atoms with E-state index in [0.29, 0.717) is 5.56 Å². The molecule has 0 spiro atoms. The molecule has 1 nitrogen and oxygen atoms in total. The van der Waals surface area contributed by atoms with Crippen LogP contribution in [0.15, 0.2) is 30.3 Å². The van der Waals surface area contributed by atoms with Gasteiger partial charge in [-0.15, -0.1) is 0 Å². The molecule has 2 aromatic carbocycles.